The molecule has 0 atom stereocenters. The van der Waals surface area contributed by atoms with Gasteiger partial charge in [0.15, 0.2) is 0 Å². The number of phenols is 1. The van der Waals surface area contributed by atoms with Crippen molar-refractivity contribution in [2.75, 3.05) is 0 Å². The fraction of sp³-hybridized carbons (Fsp3) is 0. The number of rotatable bonds is 2. The minimum absolute atomic E-state index is 0. The molecule has 0 aliphatic carbocycles. The Morgan fingerprint density at radius 2 is 1.24 bits per heavy atom. The van der Waals surface area contributed by atoms with E-state index in [1.54, 1.807) is 0 Å². The standard InChI is InChI=1S/C10H8O7S2.2K.2H/c11-10-5-8(19(15,16)17)4-6-3-7(18(12,13)14)1-2-9(6)10;;;;/h1-5,11H,(H,12,13,14)(H,15,16,17);;;;. The van der Waals surface area contributed by atoms with Gasteiger partial charge in [-0.3, -0.25) is 9.11 Å². The zero-order valence-corrected chi connectivity index (χ0v) is 10.8. The van der Waals surface area contributed by atoms with E-state index < -0.39 is 35.8 Å². The third-order valence-corrected chi connectivity index (χ3v) is 4.15. The summed E-state index contributed by atoms with van der Waals surface area (Å²) in [4.78, 5) is -1.03. The number of phenolic OH excluding ortho intramolecular Hbond substituents is 1. The van der Waals surface area contributed by atoms with Crippen LogP contribution in [0.25, 0.3) is 10.8 Å². The molecule has 0 radical (unpaired) electrons. The van der Waals surface area contributed by atoms with Gasteiger partial charge in [0.05, 0.1) is 9.79 Å². The van der Waals surface area contributed by atoms with Crippen LogP contribution in [0.4, 0.5) is 0 Å². The summed E-state index contributed by atoms with van der Waals surface area (Å²) in [6, 6.07) is 5.08. The van der Waals surface area contributed by atoms with E-state index >= 15 is 0 Å². The van der Waals surface area contributed by atoms with Crippen LogP contribution in [0, 0.1) is 0 Å². The number of hydrogen-bond donors (Lipinski definition) is 3. The zero-order chi connectivity index (χ0) is 14.4. The Hall–Kier alpha value is 1.59. The molecule has 2 rings (SSSR count). The molecule has 0 aromatic heterocycles. The van der Waals surface area contributed by atoms with Gasteiger partial charge in [0.2, 0.25) is 0 Å². The number of aromatic hydroxyl groups is 1. The number of benzene rings is 2. The first-order chi connectivity index (χ1) is 8.59. The van der Waals surface area contributed by atoms with Gasteiger partial charge >= 0.3 is 103 Å². The second-order valence-electron chi connectivity index (χ2n) is 3.78. The molecule has 0 unspecified atom stereocenters. The Bertz CT molecular complexity index is 870. The quantitative estimate of drug-likeness (QED) is 0.480. The van der Waals surface area contributed by atoms with Crippen molar-refractivity contribution in [3.8, 4) is 5.75 Å². The molecule has 0 spiro atoms. The molecule has 0 bridgehead atoms. The van der Waals surface area contributed by atoms with Crippen molar-refractivity contribution in [2.45, 2.75) is 9.79 Å². The Morgan fingerprint density at radius 3 is 1.71 bits per heavy atom. The number of hydrogen-bond acceptors (Lipinski definition) is 5. The maximum absolute atomic E-state index is 11.0. The SMILES string of the molecule is O=S(=O)(O)c1ccc2c(O)cc(S(=O)(=O)O)cc2c1.[KH].[KH]. The summed E-state index contributed by atoms with van der Waals surface area (Å²) in [6.45, 7) is 0. The van der Waals surface area contributed by atoms with Crippen LogP contribution in [-0.4, -0.2) is 134 Å². The molecular weight excluding hydrogens is 374 g/mol. The Labute approximate surface area is 206 Å². The first-order valence-corrected chi connectivity index (χ1v) is 7.69. The molecule has 3 N–H and O–H groups in total. The van der Waals surface area contributed by atoms with Crippen molar-refractivity contribution in [3.63, 3.8) is 0 Å². The average molecular weight is 385 g/mol. The molecule has 0 saturated carbocycles. The second-order valence-corrected chi connectivity index (χ2v) is 6.62. The van der Waals surface area contributed by atoms with Gasteiger partial charge in [0, 0.05) is 11.5 Å². The van der Waals surface area contributed by atoms with E-state index in [0.717, 1.165) is 24.3 Å². The fourth-order valence-corrected chi connectivity index (χ4v) is 2.66. The molecule has 0 amide bonds. The normalized spacial score (nSPS) is 11.5. The van der Waals surface area contributed by atoms with Crippen LogP contribution < -0.4 is 0 Å². The Kier molecular flexibility index (Phi) is 8.73. The average Bonchev–Trinajstić information content (AvgIpc) is 2.25. The Morgan fingerprint density at radius 1 is 0.762 bits per heavy atom. The van der Waals surface area contributed by atoms with Gasteiger partial charge < -0.3 is 5.11 Å². The first kappa shape index (κ1) is 22.6. The molecule has 11 heteroatoms. The first-order valence-electron chi connectivity index (χ1n) is 4.81. The second kappa shape index (κ2) is 8.11. The van der Waals surface area contributed by atoms with E-state index in [1.807, 2.05) is 0 Å². The van der Waals surface area contributed by atoms with Gasteiger partial charge in [-0.25, -0.2) is 0 Å². The third-order valence-electron chi connectivity index (χ3n) is 2.47. The summed E-state index contributed by atoms with van der Waals surface area (Å²) in [6.07, 6.45) is 0. The van der Waals surface area contributed by atoms with Crippen molar-refractivity contribution in [2.24, 2.45) is 0 Å². The van der Waals surface area contributed by atoms with Gasteiger partial charge in [-0.05, 0) is 29.7 Å². The van der Waals surface area contributed by atoms with Crippen molar-refractivity contribution in [1.29, 1.82) is 0 Å². The molecule has 106 valence electrons. The van der Waals surface area contributed by atoms with Crippen molar-refractivity contribution >= 4 is 134 Å². The van der Waals surface area contributed by atoms with Crippen molar-refractivity contribution in [1.82, 2.24) is 0 Å². The zero-order valence-electron chi connectivity index (χ0n) is 9.18. The van der Waals surface area contributed by atoms with Gasteiger partial charge in [0.25, 0.3) is 20.2 Å². The number of fused-ring (bicyclic) bond motifs is 1. The van der Waals surface area contributed by atoms with Crippen LogP contribution in [-0.2, 0) is 20.2 Å². The summed E-state index contributed by atoms with van der Waals surface area (Å²) in [5, 5.41) is 9.85. The summed E-state index contributed by atoms with van der Waals surface area (Å²) in [7, 11) is -8.99. The monoisotopic (exact) mass is 384 g/mol. The van der Waals surface area contributed by atoms with E-state index in [9.17, 15) is 21.9 Å². The summed E-state index contributed by atoms with van der Waals surface area (Å²) < 4.78 is 61.7. The van der Waals surface area contributed by atoms with Crippen LogP contribution in [0.15, 0.2) is 40.1 Å². The van der Waals surface area contributed by atoms with Gasteiger partial charge in [-0.1, -0.05) is 0 Å². The van der Waals surface area contributed by atoms with Crippen LogP contribution in [0.5, 0.6) is 5.75 Å². The summed E-state index contributed by atoms with van der Waals surface area (Å²) in [5.41, 5.74) is 0. The molecule has 2 aromatic carbocycles. The predicted molar refractivity (Wildman–Crippen MR) is 79.5 cm³/mol. The van der Waals surface area contributed by atoms with Gasteiger partial charge in [-0.2, -0.15) is 16.8 Å². The van der Waals surface area contributed by atoms with Crippen molar-refractivity contribution < 1.29 is 31.0 Å². The van der Waals surface area contributed by atoms with Gasteiger partial charge in [-0.15, -0.1) is 0 Å². The maximum atomic E-state index is 11.0. The fourth-order valence-electron chi connectivity index (χ4n) is 1.61. The van der Waals surface area contributed by atoms with Crippen LogP contribution in [0.2, 0.25) is 0 Å². The summed E-state index contributed by atoms with van der Waals surface area (Å²) in [5.74, 6) is -0.438. The molecule has 0 saturated heterocycles. The molecule has 0 heterocycles. The minimum atomic E-state index is -4.54. The summed E-state index contributed by atoms with van der Waals surface area (Å²) >= 11 is 0. The van der Waals surface area contributed by atoms with Crippen molar-refractivity contribution in [3.05, 3.63) is 30.3 Å². The molecule has 0 fully saturated rings. The molecular formula is C10H10K2O7S2. The van der Waals surface area contributed by atoms with E-state index in [4.69, 9.17) is 9.11 Å². The third kappa shape index (κ3) is 5.57. The van der Waals surface area contributed by atoms with Crippen LogP contribution in [0.3, 0.4) is 0 Å². The molecule has 2 aromatic rings. The van der Waals surface area contributed by atoms with E-state index in [-0.39, 0.29) is 114 Å². The van der Waals surface area contributed by atoms with Crippen LogP contribution in [0.1, 0.15) is 0 Å². The Balaban J connectivity index is 0.00000200. The molecule has 0 aliphatic heterocycles. The molecule has 7 nitrogen and oxygen atoms in total. The van der Waals surface area contributed by atoms with E-state index in [0.29, 0.717) is 0 Å². The van der Waals surface area contributed by atoms with Gasteiger partial charge in [0.1, 0.15) is 5.75 Å². The van der Waals surface area contributed by atoms with E-state index in [1.165, 1.54) is 6.07 Å². The topological polar surface area (TPSA) is 129 Å². The molecule has 21 heavy (non-hydrogen) atoms. The molecule has 0 aliphatic rings. The van der Waals surface area contributed by atoms with Crippen LogP contribution >= 0.6 is 0 Å². The van der Waals surface area contributed by atoms with E-state index in [2.05, 4.69) is 0 Å². The predicted octanol–water partition coefficient (Wildman–Crippen LogP) is -0.258.